The molecule has 2 aromatic heterocycles. The highest BCUT2D eigenvalue weighted by Gasteiger charge is 2.17. The minimum atomic E-state index is -0.000685. The first-order valence-electron chi connectivity index (χ1n) is 6.49. The molecule has 0 bridgehead atoms. The molecule has 1 amide bonds. The van der Waals surface area contributed by atoms with E-state index in [1.807, 2.05) is 19.1 Å². The quantitative estimate of drug-likeness (QED) is 0.922. The lowest BCUT2D eigenvalue weighted by Crippen LogP contribution is -2.25. The molecule has 6 heteroatoms. The molecule has 19 heavy (non-hydrogen) atoms. The van der Waals surface area contributed by atoms with Crippen LogP contribution in [0.5, 0.6) is 0 Å². The maximum atomic E-state index is 11.9. The van der Waals surface area contributed by atoms with Gasteiger partial charge in [-0.2, -0.15) is 0 Å². The van der Waals surface area contributed by atoms with E-state index in [4.69, 9.17) is 0 Å². The van der Waals surface area contributed by atoms with Crippen LogP contribution in [0.25, 0.3) is 0 Å². The van der Waals surface area contributed by atoms with E-state index in [-0.39, 0.29) is 5.91 Å². The number of fused-ring (bicyclic) bond motifs is 1. The van der Waals surface area contributed by atoms with Crippen LogP contribution in [0.2, 0.25) is 0 Å². The number of aryl methyl sites for hydroxylation is 2. The summed E-state index contributed by atoms with van der Waals surface area (Å²) in [5, 5.41) is 11.3. The summed E-state index contributed by atoms with van der Waals surface area (Å²) in [6, 6.07) is 3.83. The molecule has 1 aliphatic rings. The van der Waals surface area contributed by atoms with Crippen LogP contribution in [0.3, 0.4) is 0 Å². The SMILES string of the molecule is Cc1ccc(C(=O)NCCc2nnc3n2CCC3)s1. The van der Waals surface area contributed by atoms with Crippen LogP contribution in [-0.2, 0) is 19.4 Å². The zero-order valence-corrected chi connectivity index (χ0v) is 11.7. The van der Waals surface area contributed by atoms with Crippen molar-refractivity contribution in [2.24, 2.45) is 0 Å². The number of carbonyl (C=O) groups is 1. The van der Waals surface area contributed by atoms with E-state index in [0.717, 1.165) is 47.2 Å². The lowest BCUT2D eigenvalue weighted by molar-refractivity contribution is 0.0958. The molecule has 0 atom stereocenters. The molecule has 0 saturated heterocycles. The second-order valence-corrected chi connectivity index (χ2v) is 5.99. The fraction of sp³-hybridized carbons (Fsp3) is 0.462. The van der Waals surface area contributed by atoms with Gasteiger partial charge >= 0.3 is 0 Å². The lowest BCUT2D eigenvalue weighted by Gasteiger charge is -2.04. The third kappa shape index (κ3) is 2.53. The van der Waals surface area contributed by atoms with Gasteiger partial charge < -0.3 is 9.88 Å². The van der Waals surface area contributed by atoms with Crippen LogP contribution in [0, 0.1) is 6.92 Å². The number of hydrogen-bond donors (Lipinski definition) is 1. The van der Waals surface area contributed by atoms with Gasteiger partial charge in [-0.05, 0) is 25.5 Å². The zero-order chi connectivity index (χ0) is 13.2. The predicted octanol–water partition coefficient (Wildman–Crippen LogP) is 1.57. The largest absolute Gasteiger partial charge is 0.351 e. The molecule has 0 aliphatic carbocycles. The van der Waals surface area contributed by atoms with E-state index in [9.17, 15) is 4.79 Å². The lowest BCUT2D eigenvalue weighted by atomic mass is 10.3. The monoisotopic (exact) mass is 276 g/mol. The van der Waals surface area contributed by atoms with Crippen molar-refractivity contribution in [3.05, 3.63) is 33.5 Å². The summed E-state index contributed by atoms with van der Waals surface area (Å²) in [6.07, 6.45) is 2.91. The summed E-state index contributed by atoms with van der Waals surface area (Å²) in [7, 11) is 0. The minimum absolute atomic E-state index is 0.000685. The molecule has 0 spiro atoms. The van der Waals surface area contributed by atoms with Gasteiger partial charge in [-0.25, -0.2) is 0 Å². The van der Waals surface area contributed by atoms with Crippen molar-refractivity contribution in [2.75, 3.05) is 6.54 Å². The minimum Gasteiger partial charge on any atom is -0.351 e. The number of amides is 1. The van der Waals surface area contributed by atoms with Gasteiger partial charge in [-0.1, -0.05) is 0 Å². The molecule has 0 radical (unpaired) electrons. The average Bonchev–Trinajstić information content (AvgIpc) is 3.06. The highest BCUT2D eigenvalue weighted by atomic mass is 32.1. The number of rotatable bonds is 4. The average molecular weight is 276 g/mol. The molecular weight excluding hydrogens is 260 g/mol. The van der Waals surface area contributed by atoms with E-state index >= 15 is 0 Å². The molecule has 0 fully saturated rings. The summed E-state index contributed by atoms with van der Waals surface area (Å²) in [4.78, 5) is 13.8. The molecule has 3 rings (SSSR count). The molecule has 2 aromatic rings. The first-order valence-corrected chi connectivity index (χ1v) is 7.31. The normalized spacial score (nSPS) is 13.5. The number of nitrogens with zero attached hydrogens (tertiary/aromatic N) is 3. The Kier molecular flexibility index (Phi) is 3.33. The Labute approximate surface area is 115 Å². The molecule has 1 N–H and O–H groups in total. The van der Waals surface area contributed by atoms with Crippen LogP contribution in [0.15, 0.2) is 12.1 Å². The van der Waals surface area contributed by atoms with Crippen LogP contribution in [0.1, 0.15) is 32.6 Å². The van der Waals surface area contributed by atoms with Crippen molar-refractivity contribution in [1.82, 2.24) is 20.1 Å². The zero-order valence-electron chi connectivity index (χ0n) is 10.8. The summed E-state index contributed by atoms with van der Waals surface area (Å²) >= 11 is 1.52. The van der Waals surface area contributed by atoms with E-state index < -0.39 is 0 Å². The maximum Gasteiger partial charge on any atom is 0.261 e. The highest BCUT2D eigenvalue weighted by molar-refractivity contribution is 7.13. The summed E-state index contributed by atoms with van der Waals surface area (Å²) in [5.41, 5.74) is 0. The van der Waals surface area contributed by atoms with Gasteiger partial charge in [0.05, 0.1) is 4.88 Å². The Morgan fingerprint density at radius 3 is 3.16 bits per heavy atom. The number of aromatic nitrogens is 3. The van der Waals surface area contributed by atoms with Crippen LogP contribution < -0.4 is 5.32 Å². The fourth-order valence-corrected chi connectivity index (χ4v) is 3.11. The predicted molar refractivity (Wildman–Crippen MR) is 73.4 cm³/mol. The number of hydrogen-bond acceptors (Lipinski definition) is 4. The maximum absolute atomic E-state index is 11.9. The molecule has 100 valence electrons. The molecule has 0 aromatic carbocycles. The smallest absolute Gasteiger partial charge is 0.261 e. The molecule has 3 heterocycles. The van der Waals surface area contributed by atoms with Crippen molar-refractivity contribution < 1.29 is 4.79 Å². The summed E-state index contributed by atoms with van der Waals surface area (Å²) < 4.78 is 2.17. The highest BCUT2D eigenvalue weighted by Crippen LogP contribution is 2.15. The molecule has 1 aliphatic heterocycles. The molecular formula is C13H16N4OS. The topological polar surface area (TPSA) is 59.8 Å². The van der Waals surface area contributed by atoms with Crippen molar-refractivity contribution in [2.45, 2.75) is 32.7 Å². The van der Waals surface area contributed by atoms with Crippen molar-refractivity contribution >= 4 is 17.2 Å². The van der Waals surface area contributed by atoms with Crippen molar-refractivity contribution in [1.29, 1.82) is 0 Å². The Morgan fingerprint density at radius 2 is 2.37 bits per heavy atom. The van der Waals surface area contributed by atoms with E-state index in [1.54, 1.807) is 0 Å². The van der Waals surface area contributed by atoms with Crippen LogP contribution in [-0.4, -0.2) is 27.2 Å². The fourth-order valence-electron chi connectivity index (χ4n) is 2.33. The first kappa shape index (κ1) is 12.3. The number of nitrogens with one attached hydrogen (secondary N) is 1. The molecule has 0 saturated carbocycles. The van der Waals surface area contributed by atoms with Crippen LogP contribution >= 0.6 is 11.3 Å². The van der Waals surface area contributed by atoms with E-state index in [0.29, 0.717) is 6.54 Å². The Morgan fingerprint density at radius 1 is 1.47 bits per heavy atom. The van der Waals surface area contributed by atoms with Gasteiger partial charge in [0.25, 0.3) is 5.91 Å². The summed E-state index contributed by atoms with van der Waals surface area (Å²) in [6.45, 7) is 3.62. The van der Waals surface area contributed by atoms with Crippen molar-refractivity contribution in [3.8, 4) is 0 Å². The Hall–Kier alpha value is -1.69. The van der Waals surface area contributed by atoms with E-state index in [2.05, 4.69) is 20.1 Å². The van der Waals surface area contributed by atoms with Gasteiger partial charge in [-0.3, -0.25) is 4.79 Å². The standard InChI is InChI=1S/C13H16N4OS/c1-9-4-5-10(19-9)13(18)14-7-6-12-16-15-11-3-2-8-17(11)12/h4-5H,2-3,6-8H2,1H3,(H,14,18). The molecule has 0 unspecified atom stereocenters. The van der Waals surface area contributed by atoms with Gasteiger partial charge in [-0.15, -0.1) is 21.5 Å². The number of carbonyl (C=O) groups excluding carboxylic acids is 1. The molecule has 5 nitrogen and oxygen atoms in total. The Bertz CT molecular complexity index is 602. The van der Waals surface area contributed by atoms with E-state index in [1.165, 1.54) is 11.3 Å². The Balaban J connectivity index is 1.54. The second kappa shape index (κ2) is 5.13. The number of thiophene rings is 1. The van der Waals surface area contributed by atoms with Gasteiger partial charge in [0.2, 0.25) is 0 Å². The second-order valence-electron chi connectivity index (χ2n) is 4.70. The van der Waals surface area contributed by atoms with Crippen LogP contribution in [0.4, 0.5) is 0 Å². The van der Waals surface area contributed by atoms with Gasteiger partial charge in [0.1, 0.15) is 11.6 Å². The summed E-state index contributed by atoms with van der Waals surface area (Å²) in [5.74, 6) is 2.06. The van der Waals surface area contributed by atoms with Gasteiger partial charge in [0.15, 0.2) is 0 Å². The van der Waals surface area contributed by atoms with Gasteiger partial charge in [0, 0.05) is 30.8 Å². The third-order valence-corrected chi connectivity index (χ3v) is 4.28. The third-order valence-electron chi connectivity index (χ3n) is 3.28. The van der Waals surface area contributed by atoms with Crippen molar-refractivity contribution in [3.63, 3.8) is 0 Å². The first-order chi connectivity index (χ1) is 9.24.